The van der Waals surface area contributed by atoms with Crippen LogP contribution in [0.25, 0.3) is 0 Å². The quantitative estimate of drug-likeness (QED) is 0.563. The second-order valence-corrected chi connectivity index (χ2v) is 3.86. The first kappa shape index (κ1) is 12.8. The molecule has 0 amide bonds. The van der Waals surface area contributed by atoms with Crippen LogP contribution in [-0.2, 0) is 0 Å². The van der Waals surface area contributed by atoms with Crippen molar-refractivity contribution in [3.63, 3.8) is 0 Å². The molecule has 0 aliphatic heterocycles. The highest BCUT2D eigenvalue weighted by atomic mass is 16.5. The highest BCUT2D eigenvalue weighted by molar-refractivity contribution is 5.28. The number of nitrogens with two attached hydrogens (primary N) is 1. The van der Waals surface area contributed by atoms with Crippen molar-refractivity contribution in [1.29, 1.82) is 0 Å². The Bertz CT molecular complexity index is 305. The molecule has 88 valence electrons. The minimum absolute atomic E-state index is 0.134. The van der Waals surface area contributed by atoms with Crippen LogP contribution in [0, 0.1) is 0 Å². The Morgan fingerprint density at radius 3 is 2.62 bits per heavy atom. The van der Waals surface area contributed by atoms with E-state index in [1.807, 2.05) is 30.3 Å². The van der Waals surface area contributed by atoms with Gasteiger partial charge in [0.15, 0.2) is 0 Å². The summed E-state index contributed by atoms with van der Waals surface area (Å²) < 4.78 is 5.59. The van der Waals surface area contributed by atoms with E-state index in [-0.39, 0.29) is 6.04 Å². The molecule has 0 saturated carbocycles. The van der Waals surface area contributed by atoms with Gasteiger partial charge in [-0.15, -0.1) is 6.58 Å². The van der Waals surface area contributed by atoms with E-state index in [1.165, 1.54) is 5.56 Å². The van der Waals surface area contributed by atoms with Gasteiger partial charge >= 0.3 is 0 Å². The lowest BCUT2D eigenvalue weighted by molar-refractivity contribution is 0.312. The molecule has 0 spiro atoms. The smallest absolute Gasteiger partial charge is 0.119 e. The Labute approximate surface area is 98.1 Å². The summed E-state index contributed by atoms with van der Waals surface area (Å²) >= 11 is 0. The van der Waals surface area contributed by atoms with Crippen LogP contribution in [0.4, 0.5) is 0 Å². The topological polar surface area (TPSA) is 35.2 Å². The Hall–Kier alpha value is -1.28. The minimum atomic E-state index is 0.134. The molecule has 1 unspecified atom stereocenters. The molecule has 2 nitrogen and oxygen atoms in total. The molecule has 0 aromatic heterocycles. The van der Waals surface area contributed by atoms with E-state index in [2.05, 4.69) is 13.5 Å². The van der Waals surface area contributed by atoms with Crippen LogP contribution in [0.2, 0.25) is 0 Å². The van der Waals surface area contributed by atoms with E-state index in [0.29, 0.717) is 0 Å². The van der Waals surface area contributed by atoms with E-state index in [0.717, 1.165) is 31.6 Å². The summed E-state index contributed by atoms with van der Waals surface area (Å²) in [5, 5.41) is 0. The van der Waals surface area contributed by atoms with Gasteiger partial charge in [0.05, 0.1) is 6.61 Å². The summed E-state index contributed by atoms with van der Waals surface area (Å²) in [4.78, 5) is 0. The van der Waals surface area contributed by atoms with E-state index in [4.69, 9.17) is 10.5 Å². The monoisotopic (exact) mass is 219 g/mol. The van der Waals surface area contributed by atoms with Crippen molar-refractivity contribution >= 4 is 0 Å². The van der Waals surface area contributed by atoms with Gasteiger partial charge in [0.1, 0.15) is 5.75 Å². The zero-order valence-corrected chi connectivity index (χ0v) is 9.99. The fourth-order valence-corrected chi connectivity index (χ4v) is 1.46. The number of benzene rings is 1. The Kier molecular flexibility index (Phi) is 5.65. The zero-order valence-electron chi connectivity index (χ0n) is 9.99. The third kappa shape index (κ3) is 4.07. The van der Waals surface area contributed by atoms with Crippen molar-refractivity contribution in [2.24, 2.45) is 5.73 Å². The van der Waals surface area contributed by atoms with Gasteiger partial charge in [-0.05, 0) is 37.0 Å². The van der Waals surface area contributed by atoms with Crippen molar-refractivity contribution in [3.8, 4) is 5.75 Å². The van der Waals surface area contributed by atoms with Gasteiger partial charge in [0.2, 0.25) is 0 Å². The predicted molar refractivity (Wildman–Crippen MR) is 68.6 cm³/mol. The van der Waals surface area contributed by atoms with E-state index in [1.54, 1.807) is 0 Å². The zero-order chi connectivity index (χ0) is 11.8. The fourth-order valence-electron chi connectivity index (χ4n) is 1.46. The highest BCUT2D eigenvalue weighted by Gasteiger charge is 2.02. The fraction of sp³-hybridized carbons (Fsp3) is 0.429. The molecule has 0 radical (unpaired) electrons. The average molecular weight is 219 g/mol. The molecule has 1 atom stereocenters. The van der Waals surface area contributed by atoms with Gasteiger partial charge in [0, 0.05) is 6.04 Å². The molecular weight excluding hydrogens is 198 g/mol. The lowest BCUT2D eigenvalue weighted by Gasteiger charge is -2.10. The van der Waals surface area contributed by atoms with Crippen LogP contribution in [0.15, 0.2) is 36.9 Å². The second-order valence-electron chi connectivity index (χ2n) is 3.86. The summed E-state index contributed by atoms with van der Waals surface area (Å²) in [6, 6.07) is 8.18. The summed E-state index contributed by atoms with van der Waals surface area (Å²) in [5.74, 6) is 0.913. The van der Waals surface area contributed by atoms with Crippen molar-refractivity contribution in [2.75, 3.05) is 6.61 Å². The molecule has 1 rings (SSSR count). The van der Waals surface area contributed by atoms with Gasteiger partial charge in [-0.25, -0.2) is 0 Å². The number of hydrogen-bond donors (Lipinski definition) is 1. The molecule has 0 bridgehead atoms. The second kappa shape index (κ2) is 7.07. The normalized spacial score (nSPS) is 12.1. The van der Waals surface area contributed by atoms with E-state index >= 15 is 0 Å². The molecule has 0 aliphatic rings. The largest absolute Gasteiger partial charge is 0.494 e. The lowest BCUT2D eigenvalue weighted by atomic mass is 10.1. The van der Waals surface area contributed by atoms with Gasteiger partial charge in [-0.2, -0.15) is 0 Å². The maximum absolute atomic E-state index is 5.93. The molecule has 1 aromatic rings. The maximum Gasteiger partial charge on any atom is 0.119 e. The van der Waals surface area contributed by atoms with Crippen LogP contribution in [0.5, 0.6) is 5.75 Å². The maximum atomic E-state index is 5.93. The van der Waals surface area contributed by atoms with Crippen LogP contribution in [-0.4, -0.2) is 6.61 Å². The molecule has 0 fully saturated rings. The minimum Gasteiger partial charge on any atom is -0.494 e. The number of ether oxygens (including phenoxy) is 1. The molecule has 0 saturated heterocycles. The molecule has 0 aliphatic carbocycles. The average Bonchev–Trinajstić information content (AvgIpc) is 2.34. The summed E-state index contributed by atoms with van der Waals surface area (Å²) in [5.41, 5.74) is 7.10. The van der Waals surface area contributed by atoms with Gasteiger partial charge in [-0.1, -0.05) is 25.1 Å². The molecule has 2 heteroatoms. The predicted octanol–water partition coefficient (Wildman–Crippen LogP) is 3.44. The van der Waals surface area contributed by atoms with Gasteiger partial charge < -0.3 is 10.5 Å². The van der Waals surface area contributed by atoms with Crippen LogP contribution in [0.1, 0.15) is 37.8 Å². The Morgan fingerprint density at radius 2 is 2.06 bits per heavy atom. The lowest BCUT2D eigenvalue weighted by Crippen LogP contribution is -2.08. The standard InChI is InChI=1S/C14H21NO/c1-3-5-6-11-16-13-9-7-12(8-10-13)14(15)4-2/h3,7-10,14H,1,4-6,11,15H2,2H3. The van der Waals surface area contributed by atoms with Crippen molar-refractivity contribution < 1.29 is 4.74 Å². The molecule has 0 heterocycles. The molecule has 2 N–H and O–H groups in total. The van der Waals surface area contributed by atoms with Crippen molar-refractivity contribution in [1.82, 2.24) is 0 Å². The number of rotatable bonds is 7. The summed E-state index contributed by atoms with van der Waals surface area (Å²) in [7, 11) is 0. The molecule has 16 heavy (non-hydrogen) atoms. The van der Waals surface area contributed by atoms with Crippen LogP contribution >= 0.6 is 0 Å². The van der Waals surface area contributed by atoms with Crippen LogP contribution < -0.4 is 10.5 Å². The Balaban J connectivity index is 2.42. The number of allylic oxidation sites excluding steroid dienone is 1. The first-order valence-corrected chi connectivity index (χ1v) is 5.87. The summed E-state index contributed by atoms with van der Waals surface area (Å²) in [6.07, 6.45) is 4.88. The SMILES string of the molecule is C=CCCCOc1ccc(C(N)CC)cc1. The van der Waals surface area contributed by atoms with Crippen LogP contribution in [0.3, 0.4) is 0 Å². The molecular formula is C14H21NO. The van der Waals surface area contributed by atoms with Gasteiger partial charge in [-0.3, -0.25) is 0 Å². The van der Waals surface area contributed by atoms with Crippen molar-refractivity contribution in [3.05, 3.63) is 42.5 Å². The van der Waals surface area contributed by atoms with E-state index < -0.39 is 0 Å². The number of hydrogen-bond acceptors (Lipinski definition) is 2. The number of unbranched alkanes of at least 4 members (excludes halogenated alkanes) is 1. The summed E-state index contributed by atoms with van der Waals surface area (Å²) in [6.45, 7) is 6.51. The van der Waals surface area contributed by atoms with Crippen molar-refractivity contribution in [2.45, 2.75) is 32.2 Å². The third-order valence-corrected chi connectivity index (χ3v) is 2.57. The first-order valence-electron chi connectivity index (χ1n) is 5.87. The highest BCUT2D eigenvalue weighted by Crippen LogP contribution is 2.18. The Morgan fingerprint density at radius 1 is 1.38 bits per heavy atom. The van der Waals surface area contributed by atoms with E-state index in [9.17, 15) is 0 Å². The first-order chi connectivity index (χ1) is 7.77. The third-order valence-electron chi connectivity index (χ3n) is 2.57. The van der Waals surface area contributed by atoms with Gasteiger partial charge in [0.25, 0.3) is 0 Å². The molecule has 1 aromatic carbocycles.